The number of aromatic nitrogens is 2. The molecule has 2 heterocycles. The first kappa shape index (κ1) is 15.8. The fraction of sp³-hybridized carbons (Fsp3) is 0.250. The fourth-order valence-electron chi connectivity index (χ4n) is 4.34. The summed E-state index contributed by atoms with van der Waals surface area (Å²) in [6.45, 7) is 1.94. The molecule has 26 heavy (non-hydrogen) atoms. The number of fused-ring (bicyclic) bond motifs is 5. The molecule has 0 radical (unpaired) electrons. The number of nitrogens with one attached hydrogen (secondary N) is 1. The Morgan fingerprint density at radius 3 is 2.62 bits per heavy atom. The average molecular weight is 365 g/mol. The SMILES string of the molecule is Cc1ccc(S(=O)(=O)NC2CC3(C2)c2ccccc2-c2cncn23)cc1. The van der Waals surface area contributed by atoms with E-state index in [1.54, 1.807) is 12.1 Å². The lowest BCUT2D eigenvalue weighted by Crippen LogP contribution is -2.55. The van der Waals surface area contributed by atoms with Crippen molar-refractivity contribution in [1.82, 2.24) is 14.3 Å². The largest absolute Gasteiger partial charge is 0.320 e. The molecule has 5 rings (SSSR count). The first-order chi connectivity index (χ1) is 12.5. The van der Waals surface area contributed by atoms with Crippen LogP contribution in [-0.4, -0.2) is 24.0 Å². The summed E-state index contributed by atoms with van der Waals surface area (Å²) in [4.78, 5) is 4.62. The van der Waals surface area contributed by atoms with E-state index in [9.17, 15) is 8.42 Å². The van der Waals surface area contributed by atoms with Crippen LogP contribution < -0.4 is 4.72 Å². The Morgan fingerprint density at radius 1 is 1.12 bits per heavy atom. The molecule has 3 aromatic rings. The molecule has 1 aliphatic carbocycles. The zero-order valence-electron chi connectivity index (χ0n) is 14.4. The van der Waals surface area contributed by atoms with Crippen LogP contribution in [-0.2, 0) is 15.6 Å². The Balaban J connectivity index is 1.42. The molecule has 1 N–H and O–H groups in total. The molecule has 0 bridgehead atoms. The minimum absolute atomic E-state index is 0.0808. The van der Waals surface area contributed by atoms with Gasteiger partial charge in [0, 0.05) is 11.6 Å². The van der Waals surface area contributed by atoms with Gasteiger partial charge in [0.1, 0.15) is 0 Å². The third-order valence-electron chi connectivity index (χ3n) is 5.63. The van der Waals surface area contributed by atoms with Crippen molar-refractivity contribution >= 4 is 10.0 Å². The third kappa shape index (κ3) is 2.12. The summed E-state index contributed by atoms with van der Waals surface area (Å²) < 4.78 is 30.4. The summed E-state index contributed by atoms with van der Waals surface area (Å²) in [5.41, 5.74) is 4.44. The van der Waals surface area contributed by atoms with Crippen molar-refractivity contribution in [2.24, 2.45) is 0 Å². The Labute approximate surface area is 152 Å². The highest BCUT2D eigenvalue weighted by molar-refractivity contribution is 7.89. The van der Waals surface area contributed by atoms with Crippen LogP contribution in [0.4, 0.5) is 0 Å². The molecule has 2 aromatic carbocycles. The van der Waals surface area contributed by atoms with Crippen molar-refractivity contribution in [3.05, 3.63) is 72.2 Å². The molecular weight excluding hydrogens is 346 g/mol. The monoisotopic (exact) mass is 365 g/mol. The van der Waals surface area contributed by atoms with Gasteiger partial charge in [-0.2, -0.15) is 0 Å². The lowest BCUT2D eigenvalue weighted by Gasteiger charge is -2.47. The van der Waals surface area contributed by atoms with Gasteiger partial charge in [-0.25, -0.2) is 18.1 Å². The topological polar surface area (TPSA) is 64.0 Å². The number of nitrogens with zero attached hydrogens (tertiary/aromatic N) is 2. The molecule has 1 aliphatic heterocycles. The highest BCUT2D eigenvalue weighted by Crippen LogP contribution is 2.54. The lowest BCUT2D eigenvalue weighted by atomic mass is 9.69. The molecule has 1 fully saturated rings. The molecule has 0 saturated heterocycles. The minimum Gasteiger partial charge on any atom is -0.320 e. The summed E-state index contributed by atoms with van der Waals surface area (Å²) >= 11 is 0. The second-order valence-corrected chi connectivity index (χ2v) is 8.98. The van der Waals surface area contributed by atoms with Crippen molar-refractivity contribution in [2.75, 3.05) is 0 Å². The van der Waals surface area contributed by atoms with E-state index in [2.05, 4.69) is 26.4 Å². The second-order valence-electron chi connectivity index (χ2n) is 7.27. The molecule has 2 aliphatic rings. The normalized spacial score (nSPS) is 23.5. The molecule has 6 heteroatoms. The number of sulfonamides is 1. The van der Waals surface area contributed by atoms with Gasteiger partial charge >= 0.3 is 0 Å². The molecule has 1 spiro atoms. The molecule has 0 unspecified atom stereocenters. The lowest BCUT2D eigenvalue weighted by molar-refractivity contribution is 0.161. The van der Waals surface area contributed by atoms with Gasteiger partial charge in [0.25, 0.3) is 0 Å². The highest BCUT2D eigenvalue weighted by atomic mass is 32.2. The van der Waals surface area contributed by atoms with Crippen LogP contribution in [0.15, 0.2) is 66.0 Å². The Bertz CT molecular complexity index is 1090. The minimum atomic E-state index is -3.50. The van der Waals surface area contributed by atoms with Gasteiger partial charge in [0.05, 0.1) is 28.7 Å². The maximum atomic E-state index is 12.7. The molecule has 0 amide bonds. The number of imidazole rings is 1. The van der Waals surface area contributed by atoms with Crippen LogP contribution in [0.1, 0.15) is 24.0 Å². The zero-order valence-corrected chi connectivity index (χ0v) is 15.2. The fourth-order valence-corrected chi connectivity index (χ4v) is 5.57. The summed E-state index contributed by atoms with van der Waals surface area (Å²) in [6, 6.07) is 15.2. The number of hydrogen-bond acceptors (Lipinski definition) is 3. The van der Waals surface area contributed by atoms with Gasteiger partial charge in [0.2, 0.25) is 10.0 Å². The molecule has 5 nitrogen and oxygen atoms in total. The van der Waals surface area contributed by atoms with Gasteiger partial charge in [-0.05, 0) is 37.5 Å². The number of benzene rings is 2. The molecule has 0 atom stereocenters. The van der Waals surface area contributed by atoms with Gasteiger partial charge in [-0.3, -0.25) is 0 Å². The van der Waals surface area contributed by atoms with Crippen LogP contribution in [0, 0.1) is 6.92 Å². The first-order valence-electron chi connectivity index (χ1n) is 8.71. The quantitative estimate of drug-likeness (QED) is 0.776. The molecule has 1 saturated carbocycles. The predicted octanol–water partition coefficient (Wildman–Crippen LogP) is 3.06. The number of hydrogen-bond donors (Lipinski definition) is 1. The van der Waals surface area contributed by atoms with Gasteiger partial charge in [0.15, 0.2) is 0 Å². The zero-order chi connectivity index (χ0) is 17.9. The summed E-state index contributed by atoms with van der Waals surface area (Å²) in [5.74, 6) is 0. The van der Waals surface area contributed by atoms with Gasteiger partial charge < -0.3 is 4.57 Å². The average Bonchev–Trinajstić information content (AvgIpc) is 3.16. The van der Waals surface area contributed by atoms with E-state index >= 15 is 0 Å². The summed E-state index contributed by atoms with van der Waals surface area (Å²) in [5, 5.41) is 0. The van der Waals surface area contributed by atoms with Crippen LogP contribution in [0.3, 0.4) is 0 Å². The van der Waals surface area contributed by atoms with E-state index in [-0.39, 0.29) is 11.6 Å². The second kappa shape index (κ2) is 5.28. The van der Waals surface area contributed by atoms with Gasteiger partial charge in [-0.1, -0.05) is 42.0 Å². The maximum absolute atomic E-state index is 12.7. The van der Waals surface area contributed by atoms with Crippen LogP contribution in [0.2, 0.25) is 0 Å². The summed E-state index contributed by atoms with van der Waals surface area (Å²) in [7, 11) is -3.50. The first-order valence-corrected chi connectivity index (χ1v) is 10.2. The Morgan fingerprint density at radius 2 is 1.85 bits per heavy atom. The van der Waals surface area contributed by atoms with Crippen LogP contribution >= 0.6 is 0 Å². The molecular formula is C20H19N3O2S. The Kier molecular flexibility index (Phi) is 3.21. The standard InChI is InChI=1S/C20H19N3O2S/c1-14-6-8-16(9-7-14)26(24,25)22-15-10-20(11-15)18-5-3-2-4-17(18)19-12-21-13-23(19)20/h2-9,12-13,15,22H,10-11H2,1H3. The van der Waals surface area contributed by atoms with E-state index < -0.39 is 10.0 Å². The third-order valence-corrected chi connectivity index (χ3v) is 7.16. The smallest absolute Gasteiger partial charge is 0.240 e. The molecule has 1 aromatic heterocycles. The van der Waals surface area contributed by atoms with Crippen LogP contribution in [0.25, 0.3) is 11.3 Å². The van der Waals surface area contributed by atoms with Crippen molar-refractivity contribution in [3.63, 3.8) is 0 Å². The highest BCUT2D eigenvalue weighted by Gasteiger charge is 2.53. The van der Waals surface area contributed by atoms with E-state index in [1.165, 1.54) is 11.1 Å². The van der Waals surface area contributed by atoms with Crippen molar-refractivity contribution in [2.45, 2.75) is 36.2 Å². The maximum Gasteiger partial charge on any atom is 0.240 e. The van der Waals surface area contributed by atoms with E-state index in [0.29, 0.717) is 4.90 Å². The van der Waals surface area contributed by atoms with Crippen molar-refractivity contribution < 1.29 is 8.42 Å². The van der Waals surface area contributed by atoms with E-state index in [1.807, 2.05) is 43.7 Å². The molecule has 132 valence electrons. The van der Waals surface area contributed by atoms with Gasteiger partial charge in [-0.15, -0.1) is 0 Å². The van der Waals surface area contributed by atoms with Crippen molar-refractivity contribution in [1.29, 1.82) is 0 Å². The van der Waals surface area contributed by atoms with Crippen molar-refractivity contribution in [3.8, 4) is 11.3 Å². The van der Waals surface area contributed by atoms with E-state index in [4.69, 9.17) is 0 Å². The number of aryl methyl sites for hydroxylation is 1. The van der Waals surface area contributed by atoms with Crippen LogP contribution in [0.5, 0.6) is 0 Å². The van der Waals surface area contributed by atoms with E-state index in [0.717, 1.165) is 24.1 Å². The number of rotatable bonds is 3. The Hall–Kier alpha value is -2.44. The summed E-state index contributed by atoms with van der Waals surface area (Å²) in [6.07, 6.45) is 5.22. The predicted molar refractivity (Wildman–Crippen MR) is 99.3 cm³/mol.